The molecule has 1 aliphatic carbocycles. The summed E-state index contributed by atoms with van der Waals surface area (Å²) < 4.78 is 1.78. The lowest BCUT2D eigenvalue weighted by Crippen LogP contribution is -2.73. The van der Waals surface area contributed by atoms with Gasteiger partial charge >= 0.3 is 0 Å². The Labute approximate surface area is 109 Å². The normalized spacial score (nSPS) is 15.2. The number of quaternary nitrogens is 1. The van der Waals surface area contributed by atoms with E-state index in [-0.39, 0.29) is 5.56 Å². The van der Waals surface area contributed by atoms with Crippen LogP contribution in [0, 0.1) is 5.92 Å². The fourth-order valence-electron chi connectivity index (χ4n) is 2.19. The summed E-state index contributed by atoms with van der Waals surface area (Å²) in [5, 5.41) is 10.3. The highest BCUT2D eigenvalue weighted by Gasteiger charge is 2.23. The minimum Gasteiger partial charge on any atom is -0.308 e. The predicted molar refractivity (Wildman–Crippen MR) is 69.3 cm³/mol. The SMILES string of the molecule is O=c1cc(Cl)c2cc([NH2+]O)ccc2n1CC1CC1. The Bertz CT molecular complexity index is 662. The van der Waals surface area contributed by atoms with Crippen molar-refractivity contribution in [2.75, 3.05) is 0 Å². The van der Waals surface area contributed by atoms with E-state index >= 15 is 0 Å². The minimum absolute atomic E-state index is 0.0554. The molecule has 5 heteroatoms. The molecule has 0 atom stereocenters. The van der Waals surface area contributed by atoms with Gasteiger partial charge in [-0.05, 0) is 24.8 Å². The second-order valence-electron chi connectivity index (χ2n) is 4.79. The van der Waals surface area contributed by atoms with E-state index in [1.54, 1.807) is 16.7 Å². The van der Waals surface area contributed by atoms with Crippen LogP contribution in [-0.4, -0.2) is 9.77 Å². The number of nitrogens with zero attached hydrogens (tertiary/aromatic N) is 1. The van der Waals surface area contributed by atoms with Gasteiger partial charge < -0.3 is 4.57 Å². The molecule has 2 aromatic rings. The molecule has 1 heterocycles. The van der Waals surface area contributed by atoms with Crippen molar-refractivity contribution in [2.24, 2.45) is 5.92 Å². The predicted octanol–water partition coefficient (Wildman–Crippen LogP) is 1.65. The van der Waals surface area contributed by atoms with Crippen molar-refractivity contribution in [3.63, 3.8) is 0 Å². The maximum absolute atomic E-state index is 12.0. The van der Waals surface area contributed by atoms with Crippen LogP contribution >= 0.6 is 11.6 Å². The summed E-state index contributed by atoms with van der Waals surface area (Å²) in [4.78, 5) is 12.0. The molecule has 94 valence electrons. The summed E-state index contributed by atoms with van der Waals surface area (Å²) >= 11 is 6.11. The number of nitrogens with two attached hydrogens (primary N) is 1. The molecule has 18 heavy (non-hydrogen) atoms. The van der Waals surface area contributed by atoms with Crippen molar-refractivity contribution in [3.05, 3.63) is 39.6 Å². The van der Waals surface area contributed by atoms with Crippen molar-refractivity contribution < 1.29 is 10.7 Å². The number of halogens is 1. The van der Waals surface area contributed by atoms with Gasteiger partial charge in [0.1, 0.15) is 0 Å². The van der Waals surface area contributed by atoms with Gasteiger partial charge in [0.25, 0.3) is 5.56 Å². The van der Waals surface area contributed by atoms with Gasteiger partial charge in [-0.2, -0.15) is 5.48 Å². The molecule has 0 spiro atoms. The van der Waals surface area contributed by atoms with E-state index in [2.05, 4.69) is 0 Å². The number of benzene rings is 1. The number of hydrogen-bond donors (Lipinski definition) is 2. The maximum Gasteiger partial charge on any atom is 0.252 e. The van der Waals surface area contributed by atoms with Gasteiger partial charge in [0, 0.05) is 30.1 Å². The third kappa shape index (κ3) is 2.03. The highest BCUT2D eigenvalue weighted by Crippen LogP contribution is 2.32. The van der Waals surface area contributed by atoms with Gasteiger partial charge in [0.2, 0.25) is 0 Å². The molecule has 0 amide bonds. The molecule has 0 saturated heterocycles. The molecule has 0 unspecified atom stereocenters. The van der Waals surface area contributed by atoms with E-state index in [9.17, 15) is 4.79 Å². The number of aromatic nitrogens is 1. The lowest BCUT2D eigenvalue weighted by molar-refractivity contribution is -0.825. The Balaban J connectivity index is 2.23. The summed E-state index contributed by atoms with van der Waals surface area (Å²) in [6, 6.07) is 6.86. The first kappa shape index (κ1) is 11.7. The summed E-state index contributed by atoms with van der Waals surface area (Å²) in [5.41, 5.74) is 2.50. The molecule has 3 N–H and O–H groups in total. The standard InChI is InChI=1S/C13H13ClN2O2/c14-11-6-13(17)16(7-8-1-2-8)12-4-3-9(15-18)5-10(11)12/h3-6,8,15,18H,1-2,7H2/p+1. The lowest BCUT2D eigenvalue weighted by Gasteiger charge is -2.10. The molecule has 0 aliphatic heterocycles. The molecular formula is C13H14ClN2O2+. The summed E-state index contributed by atoms with van der Waals surface area (Å²) in [6.45, 7) is 0.759. The highest BCUT2D eigenvalue weighted by atomic mass is 35.5. The van der Waals surface area contributed by atoms with Crippen LogP contribution in [0.5, 0.6) is 0 Å². The molecular weight excluding hydrogens is 252 g/mol. The monoisotopic (exact) mass is 265 g/mol. The van der Waals surface area contributed by atoms with E-state index < -0.39 is 0 Å². The van der Waals surface area contributed by atoms with Gasteiger partial charge in [-0.15, -0.1) is 0 Å². The zero-order valence-electron chi connectivity index (χ0n) is 9.77. The van der Waals surface area contributed by atoms with Crippen molar-refractivity contribution in [1.82, 2.24) is 4.57 Å². The largest absolute Gasteiger partial charge is 0.308 e. The van der Waals surface area contributed by atoms with Crippen LogP contribution < -0.4 is 11.0 Å². The summed E-state index contributed by atoms with van der Waals surface area (Å²) in [7, 11) is 0. The number of hydrogen-bond acceptors (Lipinski definition) is 2. The van der Waals surface area contributed by atoms with Gasteiger partial charge in [-0.3, -0.25) is 4.79 Å². The van der Waals surface area contributed by atoms with Crippen molar-refractivity contribution in [3.8, 4) is 0 Å². The maximum atomic E-state index is 12.0. The van der Waals surface area contributed by atoms with Crippen molar-refractivity contribution in [2.45, 2.75) is 19.4 Å². The Morgan fingerprint density at radius 2 is 2.17 bits per heavy atom. The average Bonchev–Trinajstić information content (AvgIpc) is 3.18. The minimum atomic E-state index is -0.0554. The second-order valence-corrected chi connectivity index (χ2v) is 5.20. The van der Waals surface area contributed by atoms with E-state index in [4.69, 9.17) is 16.8 Å². The van der Waals surface area contributed by atoms with Gasteiger partial charge in [0.05, 0.1) is 10.5 Å². The Hall–Kier alpha value is -1.36. The van der Waals surface area contributed by atoms with Crippen LogP contribution in [0.25, 0.3) is 10.9 Å². The quantitative estimate of drug-likeness (QED) is 0.655. The number of fused-ring (bicyclic) bond motifs is 1. The molecule has 4 nitrogen and oxygen atoms in total. The lowest BCUT2D eigenvalue weighted by atomic mass is 10.2. The van der Waals surface area contributed by atoms with Crippen molar-refractivity contribution >= 4 is 28.2 Å². The molecule has 1 aromatic heterocycles. The van der Waals surface area contributed by atoms with Crippen molar-refractivity contribution in [1.29, 1.82) is 0 Å². The van der Waals surface area contributed by atoms with E-state index in [1.807, 2.05) is 6.07 Å². The zero-order chi connectivity index (χ0) is 12.7. The third-order valence-corrected chi connectivity index (χ3v) is 3.68. The fourth-order valence-corrected chi connectivity index (χ4v) is 2.44. The molecule has 0 bridgehead atoms. The molecule has 1 saturated carbocycles. The summed E-state index contributed by atoms with van der Waals surface area (Å²) in [5.74, 6) is 0.621. The van der Waals surface area contributed by atoms with E-state index in [0.29, 0.717) is 16.6 Å². The van der Waals surface area contributed by atoms with Crippen LogP contribution in [0.2, 0.25) is 5.02 Å². The smallest absolute Gasteiger partial charge is 0.252 e. The third-order valence-electron chi connectivity index (χ3n) is 3.37. The molecule has 3 rings (SSSR count). The van der Waals surface area contributed by atoms with Gasteiger partial charge in [-0.25, -0.2) is 5.21 Å². The van der Waals surface area contributed by atoms with Crippen LogP contribution in [0.3, 0.4) is 0 Å². The van der Waals surface area contributed by atoms with Gasteiger partial charge in [-0.1, -0.05) is 11.6 Å². The van der Waals surface area contributed by atoms with Crippen LogP contribution in [0.1, 0.15) is 12.8 Å². The first-order valence-corrected chi connectivity index (χ1v) is 6.37. The van der Waals surface area contributed by atoms with Crippen LogP contribution in [0.4, 0.5) is 5.69 Å². The topological polar surface area (TPSA) is 58.8 Å². The molecule has 1 fully saturated rings. The first-order valence-electron chi connectivity index (χ1n) is 5.99. The molecule has 1 aliphatic rings. The van der Waals surface area contributed by atoms with Crippen LogP contribution in [-0.2, 0) is 6.54 Å². The average molecular weight is 266 g/mol. The van der Waals surface area contributed by atoms with E-state index in [1.165, 1.54) is 18.9 Å². The first-order chi connectivity index (χ1) is 8.69. The zero-order valence-corrected chi connectivity index (χ0v) is 10.5. The highest BCUT2D eigenvalue weighted by molar-refractivity contribution is 6.35. The Kier molecular flexibility index (Phi) is 2.86. The number of pyridine rings is 1. The van der Waals surface area contributed by atoms with Gasteiger partial charge in [0.15, 0.2) is 5.69 Å². The molecule has 0 radical (unpaired) electrons. The number of rotatable bonds is 3. The Morgan fingerprint density at radius 1 is 1.39 bits per heavy atom. The van der Waals surface area contributed by atoms with E-state index in [0.717, 1.165) is 22.9 Å². The fraction of sp³-hybridized carbons (Fsp3) is 0.308. The second kappa shape index (κ2) is 4.39. The van der Waals surface area contributed by atoms with Crippen LogP contribution in [0.15, 0.2) is 29.1 Å². The molecule has 1 aromatic carbocycles. The summed E-state index contributed by atoms with van der Waals surface area (Å²) in [6.07, 6.45) is 2.39. The Morgan fingerprint density at radius 3 is 2.83 bits per heavy atom.